The Hall–Kier alpha value is -2.29. The standard InChI is InChI=1S/C15H22N2O6S/c1-10(2)23-12-7-5-11(6-8-12)17-24(21,22)9-13(18)16-15(3,4)14(19)20/h5-8,10,17H,9H2,1-4H3,(H,16,18)(H,19,20). The van der Waals surface area contributed by atoms with Crippen molar-refractivity contribution in [3.8, 4) is 5.75 Å². The van der Waals surface area contributed by atoms with Gasteiger partial charge in [0, 0.05) is 5.69 Å². The van der Waals surface area contributed by atoms with Crippen LogP contribution in [0.2, 0.25) is 0 Å². The van der Waals surface area contributed by atoms with Gasteiger partial charge in [0.15, 0.2) is 0 Å². The number of aliphatic carboxylic acids is 1. The number of amides is 1. The van der Waals surface area contributed by atoms with E-state index in [1.165, 1.54) is 26.0 Å². The van der Waals surface area contributed by atoms with Crippen molar-refractivity contribution in [2.75, 3.05) is 10.5 Å². The largest absolute Gasteiger partial charge is 0.491 e. The van der Waals surface area contributed by atoms with Gasteiger partial charge in [0.1, 0.15) is 17.0 Å². The minimum atomic E-state index is -3.96. The molecule has 1 rings (SSSR count). The van der Waals surface area contributed by atoms with Crippen LogP contribution in [0, 0.1) is 0 Å². The van der Waals surface area contributed by atoms with Gasteiger partial charge in [-0.1, -0.05) is 0 Å². The number of carboxylic acid groups (broad SMARTS) is 1. The molecule has 0 heterocycles. The molecule has 0 aliphatic rings. The highest BCUT2D eigenvalue weighted by Crippen LogP contribution is 2.18. The molecule has 1 aromatic carbocycles. The first kappa shape index (κ1) is 19.8. The molecule has 8 nitrogen and oxygen atoms in total. The molecule has 0 radical (unpaired) electrons. The Morgan fingerprint density at radius 1 is 1.21 bits per heavy atom. The topological polar surface area (TPSA) is 122 Å². The average molecular weight is 358 g/mol. The second kappa shape index (κ2) is 7.52. The van der Waals surface area contributed by atoms with E-state index in [1.54, 1.807) is 12.1 Å². The molecule has 0 aliphatic carbocycles. The zero-order valence-electron chi connectivity index (χ0n) is 14.0. The first-order valence-electron chi connectivity index (χ1n) is 7.23. The third kappa shape index (κ3) is 6.45. The molecule has 134 valence electrons. The van der Waals surface area contributed by atoms with Gasteiger partial charge >= 0.3 is 5.97 Å². The van der Waals surface area contributed by atoms with Gasteiger partial charge in [0.25, 0.3) is 0 Å². The molecule has 0 saturated carbocycles. The Kier molecular flexibility index (Phi) is 6.19. The van der Waals surface area contributed by atoms with Gasteiger partial charge in [0.2, 0.25) is 15.9 Å². The van der Waals surface area contributed by atoms with E-state index < -0.39 is 33.2 Å². The van der Waals surface area contributed by atoms with Crippen LogP contribution in [0.3, 0.4) is 0 Å². The summed E-state index contributed by atoms with van der Waals surface area (Å²) in [5.41, 5.74) is -1.28. The molecule has 0 fully saturated rings. The normalized spacial score (nSPS) is 11.9. The number of carbonyl (C=O) groups excluding carboxylic acids is 1. The Balaban J connectivity index is 2.69. The molecule has 0 aliphatic heterocycles. The van der Waals surface area contributed by atoms with Crippen molar-refractivity contribution in [3.05, 3.63) is 24.3 Å². The molecule has 0 bridgehead atoms. The number of hydrogen-bond donors (Lipinski definition) is 3. The molecule has 0 aromatic heterocycles. The maximum Gasteiger partial charge on any atom is 0.328 e. The molecule has 9 heteroatoms. The summed E-state index contributed by atoms with van der Waals surface area (Å²) in [5.74, 6) is -2.46. The monoisotopic (exact) mass is 358 g/mol. The van der Waals surface area contributed by atoms with E-state index >= 15 is 0 Å². The van der Waals surface area contributed by atoms with Crippen LogP contribution in [-0.2, 0) is 19.6 Å². The fraction of sp³-hybridized carbons (Fsp3) is 0.467. The van der Waals surface area contributed by atoms with Gasteiger partial charge in [-0.2, -0.15) is 0 Å². The fourth-order valence-electron chi connectivity index (χ4n) is 1.70. The summed E-state index contributed by atoms with van der Waals surface area (Å²) in [6.07, 6.45) is -0.00572. The van der Waals surface area contributed by atoms with Crippen LogP contribution in [0.4, 0.5) is 5.69 Å². The second-order valence-electron chi connectivity index (χ2n) is 6.03. The van der Waals surface area contributed by atoms with Gasteiger partial charge in [-0.25, -0.2) is 13.2 Å². The fourth-order valence-corrected chi connectivity index (χ4v) is 2.68. The van der Waals surface area contributed by atoms with E-state index in [0.717, 1.165) is 0 Å². The molecule has 0 spiro atoms. The average Bonchev–Trinajstić information content (AvgIpc) is 2.38. The first-order valence-corrected chi connectivity index (χ1v) is 8.88. The summed E-state index contributed by atoms with van der Waals surface area (Å²) in [7, 11) is -3.96. The molecule has 0 saturated heterocycles. The van der Waals surface area contributed by atoms with E-state index in [4.69, 9.17) is 9.84 Å². The van der Waals surface area contributed by atoms with Crippen LogP contribution in [0.25, 0.3) is 0 Å². The predicted octanol–water partition coefficient (Wildman–Crippen LogP) is 1.19. The maximum absolute atomic E-state index is 12.0. The van der Waals surface area contributed by atoms with Crippen molar-refractivity contribution in [3.63, 3.8) is 0 Å². The highest BCUT2D eigenvalue weighted by molar-refractivity contribution is 7.93. The number of anilines is 1. The number of sulfonamides is 1. The summed E-state index contributed by atoms with van der Waals surface area (Å²) >= 11 is 0. The molecule has 1 amide bonds. The molecular formula is C15H22N2O6S. The van der Waals surface area contributed by atoms with E-state index in [0.29, 0.717) is 5.75 Å². The van der Waals surface area contributed by atoms with Gasteiger partial charge in [0.05, 0.1) is 6.10 Å². The lowest BCUT2D eigenvalue weighted by Gasteiger charge is -2.21. The molecular weight excluding hydrogens is 336 g/mol. The van der Waals surface area contributed by atoms with E-state index in [2.05, 4.69) is 10.0 Å². The summed E-state index contributed by atoms with van der Waals surface area (Å²) in [6, 6.07) is 6.22. The van der Waals surface area contributed by atoms with Crippen molar-refractivity contribution >= 4 is 27.6 Å². The number of benzene rings is 1. The zero-order valence-corrected chi connectivity index (χ0v) is 14.8. The molecule has 0 unspecified atom stereocenters. The number of ether oxygens (including phenoxy) is 1. The number of carbonyl (C=O) groups is 2. The van der Waals surface area contributed by atoms with E-state index in [-0.39, 0.29) is 11.8 Å². The predicted molar refractivity (Wildman–Crippen MR) is 89.5 cm³/mol. The molecule has 24 heavy (non-hydrogen) atoms. The molecule has 1 aromatic rings. The highest BCUT2D eigenvalue weighted by atomic mass is 32.2. The van der Waals surface area contributed by atoms with Crippen molar-refractivity contribution in [2.45, 2.75) is 39.3 Å². The zero-order chi connectivity index (χ0) is 18.5. The van der Waals surface area contributed by atoms with Gasteiger partial charge < -0.3 is 15.2 Å². The Bertz CT molecular complexity index is 695. The van der Waals surface area contributed by atoms with Crippen LogP contribution >= 0.6 is 0 Å². The maximum atomic E-state index is 12.0. The summed E-state index contributed by atoms with van der Waals surface area (Å²) in [4.78, 5) is 22.7. The Morgan fingerprint density at radius 2 is 1.75 bits per heavy atom. The van der Waals surface area contributed by atoms with Crippen LogP contribution in [0.15, 0.2) is 24.3 Å². The minimum Gasteiger partial charge on any atom is -0.491 e. The molecule has 0 atom stereocenters. The number of carboxylic acids is 1. The number of nitrogens with one attached hydrogen (secondary N) is 2. The van der Waals surface area contributed by atoms with Crippen molar-refractivity contribution in [1.82, 2.24) is 5.32 Å². The van der Waals surface area contributed by atoms with Gasteiger partial charge in [-0.05, 0) is 52.0 Å². The third-order valence-electron chi connectivity index (χ3n) is 2.81. The van der Waals surface area contributed by atoms with E-state index in [1.807, 2.05) is 13.8 Å². The quantitative estimate of drug-likeness (QED) is 0.642. The summed E-state index contributed by atoms with van der Waals surface area (Å²) < 4.78 is 31.7. The lowest BCUT2D eigenvalue weighted by Crippen LogP contribution is -2.51. The summed E-state index contributed by atoms with van der Waals surface area (Å²) in [6.45, 7) is 6.27. The lowest BCUT2D eigenvalue weighted by molar-refractivity contribution is -0.145. The number of hydrogen-bond acceptors (Lipinski definition) is 5. The highest BCUT2D eigenvalue weighted by Gasteiger charge is 2.30. The Labute approximate surface area is 141 Å². The van der Waals surface area contributed by atoms with Crippen LogP contribution in [-0.4, -0.2) is 42.8 Å². The van der Waals surface area contributed by atoms with Crippen LogP contribution in [0.1, 0.15) is 27.7 Å². The van der Waals surface area contributed by atoms with Gasteiger partial charge in [-0.3, -0.25) is 9.52 Å². The van der Waals surface area contributed by atoms with Crippen molar-refractivity contribution in [1.29, 1.82) is 0 Å². The first-order chi connectivity index (χ1) is 10.9. The Morgan fingerprint density at radius 3 is 2.21 bits per heavy atom. The van der Waals surface area contributed by atoms with Crippen LogP contribution < -0.4 is 14.8 Å². The summed E-state index contributed by atoms with van der Waals surface area (Å²) in [5, 5.41) is 11.1. The lowest BCUT2D eigenvalue weighted by atomic mass is 10.1. The molecule has 3 N–H and O–H groups in total. The van der Waals surface area contributed by atoms with Crippen molar-refractivity contribution in [2.24, 2.45) is 0 Å². The third-order valence-corrected chi connectivity index (χ3v) is 4.00. The SMILES string of the molecule is CC(C)Oc1ccc(NS(=O)(=O)CC(=O)NC(C)(C)C(=O)O)cc1. The second-order valence-corrected chi connectivity index (χ2v) is 7.75. The number of rotatable bonds is 8. The van der Waals surface area contributed by atoms with Crippen LogP contribution in [0.5, 0.6) is 5.75 Å². The van der Waals surface area contributed by atoms with Gasteiger partial charge in [-0.15, -0.1) is 0 Å². The van der Waals surface area contributed by atoms with E-state index in [9.17, 15) is 18.0 Å². The smallest absolute Gasteiger partial charge is 0.328 e. The van der Waals surface area contributed by atoms with Crippen molar-refractivity contribution < 1.29 is 27.9 Å². The minimum absolute atomic E-state index is 0.00572.